The van der Waals surface area contributed by atoms with Crippen molar-refractivity contribution in [2.45, 2.75) is 44.6 Å². The molecule has 0 bridgehead atoms. The first-order valence-corrected chi connectivity index (χ1v) is 9.75. The van der Waals surface area contributed by atoms with Crippen LogP contribution in [0.1, 0.15) is 32.1 Å². The number of amides is 1. The summed E-state index contributed by atoms with van der Waals surface area (Å²) in [6.07, 6.45) is 1.19. The summed E-state index contributed by atoms with van der Waals surface area (Å²) >= 11 is 1.41. The van der Waals surface area contributed by atoms with Crippen LogP contribution in [0.3, 0.4) is 0 Å². The Morgan fingerprint density at radius 2 is 1.93 bits per heavy atom. The molecule has 0 aliphatic heterocycles. The number of alkyl carbamates (subject to hydrolysis) is 1. The van der Waals surface area contributed by atoms with Gasteiger partial charge in [0.25, 0.3) is 0 Å². The Morgan fingerprint density at radius 3 is 2.52 bits per heavy atom. The van der Waals surface area contributed by atoms with Gasteiger partial charge in [-0.1, -0.05) is 12.1 Å². The topological polar surface area (TPSA) is 68.5 Å². The van der Waals surface area contributed by atoms with E-state index in [0.717, 1.165) is 11.3 Å². The number of rotatable bonds is 8. The quantitative estimate of drug-likeness (QED) is 0.722. The molecule has 1 aromatic heterocycles. The molecule has 0 aliphatic rings. The number of thioether (sulfide) groups is 1. The van der Waals surface area contributed by atoms with E-state index < -0.39 is 17.7 Å². The number of benzene rings is 1. The predicted octanol–water partition coefficient (Wildman–Crippen LogP) is 4.36. The number of carbonyl (C=O) groups is 2. The van der Waals surface area contributed by atoms with Gasteiger partial charge in [-0.2, -0.15) is 0 Å². The average Bonchev–Trinajstić information content (AvgIpc) is 3.08. The first-order valence-electron chi connectivity index (χ1n) is 8.60. The lowest BCUT2D eigenvalue weighted by Gasteiger charge is -2.23. The summed E-state index contributed by atoms with van der Waals surface area (Å²) < 4.78 is 23.6. The monoisotopic (exact) mass is 393 g/mol. The van der Waals surface area contributed by atoms with Gasteiger partial charge in [-0.3, -0.25) is 4.79 Å². The van der Waals surface area contributed by atoms with Crippen molar-refractivity contribution in [1.82, 2.24) is 5.32 Å². The summed E-state index contributed by atoms with van der Waals surface area (Å²) in [5.74, 6) is 1.07. The van der Waals surface area contributed by atoms with Crippen LogP contribution in [0, 0.1) is 5.82 Å². The molecular formula is C20H24FNO4S. The molecule has 2 aromatic rings. The summed E-state index contributed by atoms with van der Waals surface area (Å²) in [6, 6.07) is 8.73. The first-order chi connectivity index (χ1) is 12.7. The van der Waals surface area contributed by atoms with Gasteiger partial charge in [-0.15, -0.1) is 11.8 Å². The summed E-state index contributed by atoms with van der Waals surface area (Å²) in [5.41, 5.74) is 0.0866. The smallest absolute Gasteiger partial charge is 0.408 e. The molecule has 0 fully saturated rings. The molecule has 0 spiro atoms. The molecule has 0 aliphatic carbocycles. The maximum atomic E-state index is 13.1. The Kier molecular flexibility index (Phi) is 7.47. The van der Waals surface area contributed by atoms with Crippen LogP contribution < -0.4 is 5.32 Å². The maximum absolute atomic E-state index is 13.1. The Labute approximate surface area is 162 Å². The van der Waals surface area contributed by atoms with E-state index in [1.54, 1.807) is 45.2 Å². The zero-order valence-corrected chi connectivity index (χ0v) is 16.5. The summed E-state index contributed by atoms with van der Waals surface area (Å²) in [5, 5.41) is 2.64. The molecule has 1 atom stereocenters. The molecule has 1 unspecified atom stereocenters. The second kappa shape index (κ2) is 9.60. The third-order valence-corrected chi connectivity index (χ3v) is 4.48. The Balaban J connectivity index is 1.99. The van der Waals surface area contributed by atoms with E-state index in [4.69, 9.17) is 9.15 Å². The second-order valence-electron chi connectivity index (χ2n) is 7.07. The van der Waals surface area contributed by atoms with Crippen LogP contribution in [0.2, 0.25) is 0 Å². The Hall–Kier alpha value is -2.28. The largest absolute Gasteiger partial charge is 0.468 e. The second-order valence-corrected chi connectivity index (χ2v) is 8.05. The normalized spacial score (nSPS) is 12.4. The van der Waals surface area contributed by atoms with E-state index in [1.807, 2.05) is 6.07 Å². The lowest BCUT2D eigenvalue weighted by atomic mass is 10.0. The molecule has 27 heavy (non-hydrogen) atoms. The van der Waals surface area contributed by atoms with Crippen LogP contribution in [0.15, 0.2) is 47.1 Å². The zero-order valence-electron chi connectivity index (χ0n) is 15.7. The number of ether oxygens (including phenoxy) is 1. The van der Waals surface area contributed by atoms with Crippen LogP contribution >= 0.6 is 11.8 Å². The molecule has 0 saturated carbocycles. The fourth-order valence-corrected chi connectivity index (χ4v) is 3.17. The first kappa shape index (κ1) is 21.0. The maximum Gasteiger partial charge on any atom is 0.408 e. The average molecular weight is 393 g/mol. The van der Waals surface area contributed by atoms with Crippen molar-refractivity contribution in [3.05, 3.63) is 59.8 Å². The number of nitrogens with one attached hydrogen (secondary N) is 1. The summed E-state index contributed by atoms with van der Waals surface area (Å²) in [4.78, 5) is 24.8. The van der Waals surface area contributed by atoms with E-state index in [2.05, 4.69) is 5.32 Å². The molecule has 0 saturated heterocycles. The molecule has 146 valence electrons. The lowest BCUT2D eigenvalue weighted by molar-refractivity contribution is -0.118. The van der Waals surface area contributed by atoms with Crippen molar-refractivity contribution in [2.24, 2.45) is 0 Å². The highest BCUT2D eigenvalue weighted by Gasteiger charge is 2.24. The highest BCUT2D eigenvalue weighted by molar-refractivity contribution is 7.99. The van der Waals surface area contributed by atoms with E-state index in [0.29, 0.717) is 5.75 Å². The van der Waals surface area contributed by atoms with Gasteiger partial charge in [-0.25, -0.2) is 9.18 Å². The van der Waals surface area contributed by atoms with E-state index in [-0.39, 0.29) is 23.8 Å². The standard InChI is InChI=1S/C20H24FNO4S/c1-20(2,3)26-19(24)22-17(11-14-6-8-15(21)9-7-14)18(23)13-27-12-16-5-4-10-25-16/h4-10,17H,11-13H2,1-3H3,(H,22,24). The molecule has 2 rings (SSSR count). The lowest BCUT2D eigenvalue weighted by Crippen LogP contribution is -2.45. The van der Waals surface area contributed by atoms with Gasteiger partial charge < -0.3 is 14.5 Å². The van der Waals surface area contributed by atoms with Crippen molar-refractivity contribution in [2.75, 3.05) is 5.75 Å². The van der Waals surface area contributed by atoms with Gasteiger partial charge in [0.1, 0.15) is 17.2 Å². The number of furan rings is 1. The van der Waals surface area contributed by atoms with E-state index in [1.165, 1.54) is 23.9 Å². The number of hydrogen-bond acceptors (Lipinski definition) is 5. The number of carbonyl (C=O) groups excluding carboxylic acids is 2. The van der Waals surface area contributed by atoms with Crippen LogP contribution in [-0.2, 0) is 21.7 Å². The van der Waals surface area contributed by atoms with Crippen molar-refractivity contribution in [3.63, 3.8) is 0 Å². The van der Waals surface area contributed by atoms with Gasteiger partial charge in [0, 0.05) is 0 Å². The molecule has 1 heterocycles. The van der Waals surface area contributed by atoms with Gasteiger partial charge in [0.05, 0.1) is 23.8 Å². The number of hydrogen-bond donors (Lipinski definition) is 1. The minimum Gasteiger partial charge on any atom is -0.468 e. The molecule has 0 radical (unpaired) electrons. The molecular weight excluding hydrogens is 369 g/mol. The minimum absolute atomic E-state index is 0.137. The molecule has 1 N–H and O–H groups in total. The van der Waals surface area contributed by atoms with Crippen LogP contribution in [0.25, 0.3) is 0 Å². The zero-order chi connectivity index (χ0) is 19.9. The van der Waals surface area contributed by atoms with Gasteiger partial charge >= 0.3 is 6.09 Å². The van der Waals surface area contributed by atoms with Crippen molar-refractivity contribution >= 4 is 23.6 Å². The van der Waals surface area contributed by atoms with Crippen molar-refractivity contribution in [3.8, 4) is 0 Å². The SMILES string of the molecule is CC(C)(C)OC(=O)NC(Cc1ccc(F)cc1)C(=O)CSCc1ccco1. The van der Waals surface area contributed by atoms with Gasteiger partial charge in [0.15, 0.2) is 5.78 Å². The third kappa shape index (κ3) is 7.86. The number of halogens is 1. The fraction of sp³-hybridized carbons (Fsp3) is 0.400. The van der Waals surface area contributed by atoms with Crippen LogP contribution in [0.5, 0.6) is 0 Å². The Morgan fingerprint density at radius 1 is 1.22 bits per heavy atom. The highest BCUT2D eigenvalue weighted by Crippen LogP contribution is 2.15. The molecule has 1 amide bonds. The molecule has 5 nitrogen and oxygen atoms in total. The van der Waals surface area contributed by atoms with Crippen molar-refractivity contribution < 1.29 is 23.1 Å². The molecule has 1 aromatic carbocycles. The Bertz CT molecular complexity index is 738. The highest BCUT2D eigenvalue weighted by atomic mass is 32.2. The van der Waals surface area contributed by atoms with Crippen LogP contribution in [-0.4, -0.2) is 29.3 Å². The minimum atomic E-state index is -0.755. The van der Waals surface area contributed by atoms with E-state index in [9.17, 15) is 14.0 Å². The van der Waals surface area contributed by atoms with Gasteiger partial charge in [0.2, 0.25) is 0 Å². The summed E-state index contributed by atoms with van der Waals surface area (Å²) in [7, 11) is 0. The van der Waals surface area contributed by atoms with Gasteiger partial charge in [-0.05, 0) is 57.0 Å². The fourth-order valence-electron chi connectivity index (χ4n) is 2.30. The van der Waals surface area contributed by atoms with Crippen molar-refractivity contribution in [1.29, 1.82) is 0 Å². The number of ketones is 1. The predicted molar refractivity (Wildman–Crippen MR) is 103 cm³/mol. The van der Waals surface area contributed by atoms with Crippen LogP contribution in [0.4, 0.5) is 9.18 Å². The molecule has 7 heteroatoms. The number of Topliss-reactive ketones (excluding diaryl/α,β-unsaturated/α-hetero) is 1. The van der Waals surface area contributed by atoms with E-state index >= 15 is 0 Å². The third-order valence-electron chi connectivity index (χ3n) is 3.50. The summed E-state index contributed by atoms with van der Waals surface area (Å²) in [6.45, 7) is 5.26.